The van der Waals surface area contributed by atoms with Gasteiger partial charge >= 0.3 is 24.3 Å². The fourth-order valence-electron chi connectivity index (χ4n) is 3.75. The van der Waals surface area contributed by atoms with E-state index in [0.717, 1.165) is 40.6 Å². The van der Waals surface area contributed by atoms with E-state index >= 15 is 0 Å². The molecule has 0 saturated carbocycles. The van der Waals surface area contributed by atoms with Gasteiger partial charge in [-0.3, -0.25) is 4.98 Å². The molecule has 4 N–H and O–H groups in total. The number of carboxylic acid groups (broad SMARTS) is 2. The van der Waals surface area contributed by atoms with Crippen molar-refractivity contribution >= 4 is 35.2 Å². The van der Waals surface area contributed by atoms with E-state index in [9.17, 15) is 31.5 Å². The van der Waals surface area contributed by atoms with Crippen molar-refractivity contribution in [2.75, 3.05) is 16.8 Å². The zero-order chi connectivity index (χ0) is 29.7. The van der Waals surface area contributed by atoms with Gasteiger partial charge in [-0.2, -0.15) is 42.8 Å². The second-order valence-corrected chi connectivity index (χ2v) is 9.57. The molecule has 3 aromatic heterocycles. The number of nitrogens with one attached hydrogen (secondary N) is 1. The maximum atomic E-state index is 11.0. The topological polar surface area (TPSA) is 150 Å². The molecule has 0 radical (unpaired) electrons. The maximum Gasteiger partial charge on any atom is 0.490 e. The van der Waals surface area contributed by atoms with Crippen molar-refractivity contribution in [3.63, 3.8) is 0 Å². The zero-order valence-corrected chi connectivity index (χ0v) is 21.0. The maximum absolute atomic E-state index is 11.0. The molecule has 1 saturated heterocycles. The van der Waals surface area contributed by atoms with Crippen molar-refractivity contribution < 1.29 is 51.4 Å². The first-order chi connectivity index (χ1) is 18.7. The molecule has 5 heterocycles. The minimum absolute atomic E-state index is 0.580. The predicted octanol–water partition coefficient (Wildman–Crippen LogP) is 5.25. The number of aliphatic carboxylic acids is 2. The number of thioether (sulfide) groups is 1. The third kappa shape index (κ3) is 7.55. The highest BCUT2D eigenvalue weighted by Crippen LogP contribution is 2.43. The standard InChI is InChI=1S/C19H19N5OS.2C2HF3O2/c25-24-16(10-12-4-8-26-9-5-12)23-17-14-2-1-6-21-19(14)22-15-11-20-7-3-13(15)18(17)24;2*3-2(4,5)1(6)7/h1-3,6-7,11-12,25H,4-5,8-10H2,(H,21,22);2*(H,6,7). The summed E-state index contributed by atoms with van der Waals surface area (Å²) in [7, 11) is 0. The van der Waals surface area contributed by atoms with E-state index in [1.807, 2.05) is 30.0 Å². The summed E-state index contributed by atoms with van der Waals surface area (Å²) in [5.74, 6) is -1.08. The Morgan fingerprint density at radius 2 is 1.60 bits per heavy atom. The Balaban J connectivity index is 0.000000263. The van der Waals surface area contributed by atoms with Gasteiger partial charge in [-0.1, -0.05) is 0 Å². The first-order valence-electron chi connectivity index (χ1n) is 11.4. The van der Waals surface area contributed by atoms with Crippen LogP contribution in [0.2, 0.25) is 0 Å². The van der Waals surface area contributed by atoms with Gasteiger partial charge in [0.05, 0.1) is 11.9 Å². The van der Waals surface area contributed by atoms with Crippen molar-refractivity contribution in [2.45, 2.75) is 31.6 Å². The van der Waals surface area contributed by atoms with Gasteiger partial charge in [0.25, 0.3) is 0 Å². The normalized spacial score (nSPS) is 14.4. The molecule has 0 atom stereocenters. The molecule has 2 aliphatic rings. The number of hydrogen-bond acceptors (Lipinski definition) is 8. The third-order valence-corrected chi connectivity index (χ3v) is 6.66. The van der Waals surface area contributed by atoms with Crippen LogP contribution in [-0.4, -0.2) is 70.9 Å². The van der Waals surface area contributed by atoms with Crippen molar-refractivity contribution in [2.24, 2.45) is 5.92 Å². The zero-order valence-electron chi connectivity index (χ0n) is 20.2. The number of anilines is 2. The molecule has 0 amide bonds. The van der Waals surface area contributed by atoms with Crippen molar-refractivity contribution in [1.82, 2.24) is 19.7 Å². The number of carboxylic acids is 2. The van der Waals surface area contributed by atoms with E-state index in [4.69, 9.17) is 24.8 Å². The van der Waals surface area contributed by atoms with Crippen molar-refractivity contribution in [1.29, 1.82) is 0 Å². The van der Waals surface area contributed by atoms with Crippen molar-refractivity contribution in [3.05, 3.63) is 42.6 Å². The molecule has 0 aliphatic carbocycles. The van der Waals surface area contributed by atoms with E-state index in [2.05, 4.69) is 15.3 Å². The molecule has 1 fully saturated rings. The monoisotopic (exact) mass is 593 g/mol. The Kier molecular flexibility index (Phi) is 9.49. The summed E-state index contributed by atoms with van der Waals surface area (Å²) in [6.07, 6.45) is -1.76. The molecular weight excluding hydrogens is 572 g/mol. The lowest BCUT2D eigenvalue weighted by atomic mass is 9.99. The van der Waals surface area contributed by atoms with Gasteiger partial charge in [-0.05, 0) is 48.5 Å². The number of aromatic nitrogens is 4. The molecule has 5 rings (SSSR count). The predicted molar refractivity (Wildman–Crippen MR) is 130 cm³/mol. The molecular formula is C23H21F6N5O5S. The molecule has 0 aromatic carbocycles. The Hall–Kier alpha value is -4.02. The number of imidazole rings is 1. The second-order valence-electron chi connectivity index (χ2n) is 8.35. The fourth-order valence-corrected chi connectivity index (χ4v) is 4.96. The molecule has 3 aromatic rings. The van der Waals surface area contributed by atoms with Gasteiger partial charge in [0.15, 0.2) is 0 Å². The molecule has 0 bridgehead atoms. The van der Waals surface area contributed by atoms with Gasteiger partial charge < -0.3 is 20.7 Å². The van der Waals surface area contributed by atoms with Crippen LogP contribution < -0.4 is 5.32 Å². The number of nitrogens with zero attached hydrogens (tertiary/aromatic N) is 4. The van der Waals surface area contributed by atoms with Crippen LogP contribution in [0.5, 0.6) is 0 Å². The Bertz CT molecular complexity index is 1330. The average Bonchev–Trinajstić information content (AvgIpc) is 3.12. The molecule has 10 nitrogen and oxygen atoms in total. The minimum atomic E-state index is -5.08. The number of rotatable bonds is 2. The number of hydrogen-bond donors (Lipinski definition) is 4. The average molecular weight is 594 g/mol. The third-order valence-electron chi connectivity index (χ3n) is 5.61. The van der Waals surface area contributed by atoms with Crippen LogP contribution in [0.25, 0.3) is 22.5 Å². The molecule has 2 aliphatic heterocycles. The lowest BCUT2D eigenvalue weighted by Gasteiger charge is -2.20. The SMILES string of the molecule is O=C(O)C(F)(F)F.O=C(O)C(F)(F)F.On1c(CC2CCSCC2)nc2c1-c1ccncc1Nc1ncccc1-2. The lowest BCUT2D eigenvalue weighted by Crippen LogP contribution is -2.21. The highest BCUT2D eigenvalue weighted by atomic mass is 32.2. The van der Waals surface area contributed by atoms with Crippen LogP contribution in [0.1, 0.15) is 18.7 Å². The lowest BCUT2D eigenvalue weighted by molar-refractivity contribution is -0.193. The summed E-state index contributed by atoms with van der Waals surface area (Å²) < 4.78 is 64.7. The summed E-state index contributed by atoms with van der Waals surface area (Å²) >= 11 is 2.01. The van der Waals surface area contributed by atoms with Crippen LogP contribution in [0.15, 0.2) is 36.8 Å². The van der Waals surface area contributed by atoms with Gasteiger partial charge in [-0.25, -0.2) is 19.6 Å². The summed E-state index contributed by atoms with van der Waals surface area (Å²) in [5.41, 5.74) is 4.08. The van der Waals surface area contributed by atoms with Crippen molar-refractivity contribution in [3.8, 4) is 22.5 Å². The van der Waals surface area contributed by atoms with Crippen LogP contribution in [-0.2, 0) is 16.0 Å². The van der Waals surface area contributed by atoms with E-state index in [1.54, 1.807) is 18.6 Å². The van der Waals surface area contributed by atoms with E-state index < -0.39 is 24.3 Å². The quantitative estimate of drug-likeness (QED) is 0.179. The Morgan fingerprint density at radius 1 is 1.00 bits per heavy atom. The van der Waals surface area contributed by atoms with E-state index in [0.29, 0.717) is 11.6 Å². The van der Waals surface area contributed by atoms with Crippen LogP contribution >= 0.6 is 11.8 Å². The molecule has 0 spiro atoms. The van der Waals surface area contributed by atoms with Crippen LogP contribution in [0, 0.1) is 5.92 Å². The largest absolute Gasteiger partial charge is 0.490 e. The van der Waals surface area contributed by atoms with E-state index in [1.165, 1.54) is 29.1 Å². The Morgan fingerprint density at radius 3 is 2.17 bits per heavy atom. The molecule has 0 unspecified atom stereocenters. The summed E-state index contributed by atoms with van der Waals surface area (Å²) in [6, 6.07) is 5.79. The summed E-state index contributed by atoms with van der Waals surface area (Å²) in [4.78, 5) is 31.3. The smallest absolute Gasteiger partial charge is 0.475 e. The molecule has 216 valence electrons. The number of fused-ring (bicyclic) bond motifs is 5. The molecule has 17 heteroatoms. The van der Waals surface area contributed by atoms with Gasteiger partial charge in [0.1, 0.15) is 23.0 Å². The first-order valence-corrected chi connectivity index (χ1v) is 12.5. The Labute approximate surface area is 226 Å². The fraction of sp³-hybridized carbons (Fsp3) is 0.348. The highest BCUT2D eigenvalue weighted by molar-refractivity contribution is 7.99. The number of halogens is 6. The first kappa shape index (κ1) is 30.5. The summed E-state index contributed by atoms with van der Waals surface area (Å²) in [6.45, 7) is 0. The van der Waals surface area contributed by atoms with Gasteiger partial charge in [-0.15, -0.1) is 0 Å². The number of alkyl halides is 6. The van der Waals surface area contributed by atoms with Crippen LogP contribution in [0.4, 0.5) is 37.8 Å². The van der Waals surface area contributed by atoms with Crippen LogP contribution in [0.3, 0.4) is 0 Å². The number of carbonyl (C=O) groups is 2. The van der Waals surface area contributed by atoms with Gasteiger partial charge in [0, 0.05) is 29.9 Å². The van der Waals surface area contributed by atoms with E-state index in [-0.39, 0.29) is 0 Å². The van der Waals surface area contributed by atoms with Gasteiger partial charge in [0.2, 0.25) is 0 Å². The molecule has 40 heavy (non-hydrogen) atoms. The second kappa shape index (κ2) is 12.4. The number of pyridine rings is 2. The summed E-state index contributed by atoms with van der Waals surface area (Å²) in [5, 5.41) is 28.6. The minimum Gasteiger partial charge on any atom is -0.475 e. The highest BCUT2D eigenvalue weighted by Gasteiger charge is 2.39.